The van der Waals surface area contributed by atoms with Crippen molar-refractivity contribution in [2.45, 2.75) is 37.7 Å². The van der Waals surface area contributed by atoms with E-state index in [1.807, 2.05) is 0 Å². The average Bonchev–Trinajstić information content (AvgIpc) is 1.65. The van der Waals surface area contributed by atoms with E-state index in [9.17, 15) is 0 Å². The van der Waals surface area contributed by atoms with Crippen LogP contribution in [-0.4, -0.2) is 20.9 Å². The van der Waals surface area contributed by atoms with Gasteiger partial charge in [0.25, 0.3) is 0 Å². The average molecular weight is 196 g/mol. The van der Waals surface area contributed by atoms with E-state index in [1.54, 1.807) is 16.9 Å². The molecule has 0 bridgehead atoms. The fourth-order valence-electron chi connectivity index (χ4n) is 0. The molecule has 0 fully saturated rings. The molecule has 8 heavy (non-hydrogen) atoms. The molecule has 0 spiro atoms. The van der Waals surface area contributed by atoms with Gasteiger partial charge in [0.1, 0.15) is 0 Å². The molecule has 0 rings (SSSR count). The zero-order chi connectivity index (χ0) is 6.99. The fourth-order valence-corrected chi connectivity index (χ4v) is 0. The summed E-state index contributed by atoms with van der Waals surface area (Å²) in [7, 11) is 0. The minimum Gasteiger partial charge on any atom is -0.0654 e. The van der Waals surface area contributed by atoms with Gasteiger partial charge in [-0.05, 0) is 0 Å². The third-order valence-corrected chi connectivity index (χ3v) is 0.500. The van der Waals surface area contributed by atoms with Gasteiger partial charge in [-0.1, -0.05) is 26.7 Å². The molecule has 0 aliphatic rings. The van der Waals surface area contributed by atoms with E-state index < -0.39 is 0 Å². The van der Waals surface area contributed by atoms with E-state index in [2.05, 4.69) is 33.4 Å². The Kier molecular flexibility index (Phi) is 15.8. The summed E-state index contributed by atoms with van der Waals surface area (Å²) in [5.41, 5.74) is 0. The van der Waals surface area contributed by atoms with Crippen LogP contribution in [0.5, 0.6) is 0 Å². The molecule has 52 valence electrons. The Morgan fingerprint density at radius 1 is 1.38 bits per heavy atom. The maximum absolute atomic E-state index is 3.99. The summed E-state index contributed by atoms with van der Waals surface area (Å²) < 4.78 is 0.590. The minimum absolute atomic E-state index is 0.590. The van der Waals surface area contributed by atoms with Gasteiger partial charge < -0.3 is 0 Å². The van der Waals surface area contributed by atoms with E-state index in [-0.39, 0.29) is 0 Å². The van der Waals surface area contributed by atoms with Crippen molar-refractivity contribution in [2.75, 3.05) is 0 Å². The second kappa shape index (κ2) is 10.8. The Morgan fingerprint density at radius 2 is 1.50 bits per heavy atom. The standard InChI is InChI=1S/C4H10.C2H7AsS/c1-3-4-2;1-2(3)4/h3-4H2,1-2H3;2,4H,3H2,1H3. The van der Waals surface area contributed by atoms with Gasteiger partial charge in [-0.2, -0.15) is 0 Å². The predicted octanol–water partition coefficient (Wildman–Crippen LogP) is 1.70. The van der Waals surface area contributed by atoms with Crippen molar-refractivity contribution in [1.82, 2.24) is 0 Å². The molecule has 0 saturated carbocycles. The number of thiol groups is 1. The monoisotopic (exact) mass is 196 g/mol. The van der Waals surface area contributed by atoms with Gasteiger partial charge in [-0.15, -0.1) is 0 Å². The summed E-state index contributed by atoms with van der Waals surface area (Å²) in [5.74, 6) is 0. The Bertz CT molecular complexity index is 25.0. The van der Waals surface area contributed by atoms with Crippen LogP contribution >= 0.6 is 12.6 Å². The van der Waals surface area contributed by atoms with Crippen LogP contribution in [0.1, 0.15) is 33.6 Å². The molecule has 0 aromatic rings. The van der Waals surface area contributed by atoms with Crippen molar-refractivity contribution in [3.8, 4) is 0 Å². The molecular weight excluding hydrogens is 179 g/mol. The molecule has 2 unspecified atom stereocenters. The zero-order valence-electron chi connectivity index (χ0n) is 6.02. The second-order valence-electron chi connectivity index (χ2n) is 1.74. The quantitative estimate of drug-likeness (QED) is 0.479. The van der Waals surface area contributed by atoms with Gasteiger partial charge >= 0.3 is 40.4 Å². The van der Waals surface area contributed by atoms with E-state index in [1.165, 1.54) is 12.8 Å². The predicted molar refractivity (Wildman–Crippen MR) is 47.6 cm³/mol. The molecule has 0 nitrogen and oxygen atoms in total. The first-order valence-electron chi connectivity index (χ1n) is 3.08. The van der Waals surface area contributed by atoms with Crippen LogP contribution in [0.2, 0.25) is 0 Å². The molecule has 2 atom stereocenters. The maximum Gasteiger partial charge on any atom is -0.0564 e. The van der Waals surface area contributed by atoms with Crippen LogP contribution in [-0.2, 0) is 0 Å². The first kappa shape index (κ1) is 11.7. The van der Waals surface area contributed by atoms with Crippen molar-refractivity contribution in [1.29, 1.82) is 0 Å². The smallest absolute Gasteiger partial charge is 0.0564 e. The molecular formula is C6H17AsS. The Morgan fingerprint density at radius 3 is 1.50 bits per heavy atom. The van der Waals surface area contributed by atoms with Crippen molar-refractivity contribution in [3.05, 3.63) is 0 Å². The summed E-state index contributed by atoms with van der Waals surface area (Å²) in [6.07, 6.45) is 2.64. The molecule has 2 heteroatoms. The van der Waals surface area contributed by atoms with Crippen molar-refractivity contribution in [2.24, 2.45) is 0 Å². The zero-order valence-corrected chi connectivity index (χ0v) is 9.33. The fraction of sp³-hybridized carbons (Fsp3) is 1.00. The first-order valence-corrected chi connectivity index (χ1v) is 5.00. The molecule has 0 aromatic carbocycles. The molecule has 0 aliphatic heterocycles. The summed E-state index contributed by atoms with van der Waals surface area (Å²) in [6.45, 7) is 6.42. The third-order valence-electron chi connectivity index (χ3n) is 0.500. The number of rotatable bonds is 1. The summed E-state index contributed by atoms with van der Waals surface area (Å²) in [4.78, 5) is 0. The largest absolute Gasteiger partial charge is 0.0654 e. The third kappa shape index (κ3) is 66.2. The van der Waals surface area contributed by atoms with Gasteiger partial charge in [0.05, 0.1) is 0 Å². The van der Waals surface area contributed by atoms with Crippen molar-refractivity contribution < 1.29 is 0 Å². The maximum atomic E-state index is 3.99. The Balaban J connectivity index is 0. The van der Waals surface area contributed by atoms with Crippen LogP contribution in [0.15, 0.2) is 0 Å². The van der Waals surface area contributed by atoms with E-state index >= 15 is 0 Å². The van der Waals surface area contributed by atoms with Crippen LogP contribution in [0.25, 0.3) is 0 Å². The molecule has 0 radical (unpaired) electrons. The number of hydrogen-bond acceptors (Lipinski definition) is 1. The van der Waals surface area contributed by atoms with E-state index in [0.717, 1.165) is 0 Å². The summed E-state index contributed by atoms with van der Waals surface area (Å²) in [6, 6.07) is 0. The van der Waals surface area contributed by atoms with Gasteiger partial charge in [-0.25, -0.2) is 0 Å². The summed E-state index contributed by atoms with van der Waals surface area (Å²) >= 11 is 5.66. The Hall–Kier alpha value is 0.908. The van der Waals surface area contributed by atoms with Gasteiger partial charge in [0.2, 0.25) is 0 Å². The minimum atomic E-state index is 0.590. The van der Waals surface area contributed by atoms with Gasteiger partial charge in [0.15, 0.2) is 0 Å². The van der Waals surface area contributed by atoms with Gasteiger partial charge in [-0.3, -0.25) is 0 Å². The number of hydrogen-bond donors (Lipinski definition) is 1. The summed E-state index contributed by atoms with van der Waals surface area (Å²) in [5, 5.41) is 0. The van der Waals surface area contributed by atoms with Crippen molar-refractivity contribution >= 4 is 29.5 Å². The molecule has 0 aliphatic carbocycles. The van der Waals surface area contributed by atoms with E-state index in [0.29, 0.717) is 4.04 Å². The molecule has 0 aromatic heterocycles. The number of unbranched alkanes of at least 4 members (excludes halogenated alkanes) is 1. The van der Waals surface area contributed by atoms with Crippen LogP contribution < -0.4 is 0 Å². The van der Waals surface area contributed by atoms with E-state index in [4.69, 9.17) is 0 Å². The molecule has 0 amide bonds. The first-order chi connectivity index (χ1) is 3.65. The molecule has 0 saturated heterocycles. The van der Waals surface area contributed by atoms with Gasteiger partial charge in [0, 0.05) is 0 Å². The molecule has 0 N–H and O–H groups in total. The normalized spacial score (nSPS) is 11.6. The second-order valence-corrected chi connectivity index (χ2v) is 5.83. The topological polar surface area (TPSA) is 0 Å². The van der Waals surface area contributed by atoms with Crippen LogP contribution in [0.4, 0.5) is 0 Å². The SMILES string of the molecule is CC(S)[AsH2].CCCC. The molecule has 0 heterocycles. The Labute approximate surface area is 67.3 Å². The van der Waals surface area contributed by atoms with Crippen LogP contribution in [0.3, 0.4) is 0 Å². The van der Waals surface area contributed by atoms with Crippen LogP contribution in [0, 0.1) is 0 Å². The van der Waals surface area contributed by atoms with Crippen molar-refractivity contribution in [3.63, 3.8) is 0 Å².